The lowest BCUT2D eigenvalue weighted by molar-refractivity contribution is 0.159. The minimum atomic E-state index is -0.421. The summed E-state index contributed by atoms with van der Waals surface area (Å²) < 4.78 is 13.6. The van der Waals surface area contributed by atoms with E-state index in [9.17, 15) is 9.50 Å². The van der Waals surface area contributed by atoms with Crippen LogP contribution in [0.3, 0.4) is 0 Å². The molecule has 0 heterocycles. The molecule has 0 amide bonds. The molecule has 1 aromatic rings. The Bertz CT molecular complexity index is 336. The maximum atomic E-state index is 12.8. The number of hydrogen-bond donors (Lipinski definition) is 1. The van der Waals surface area contributed by atoms with Gasteiger partial charge in [-0.2, -0.15) is 0 Å². The second-order valence-corrected chi connectivity index (χ2v) is 5.02. The zero-order valence-corrected chi connectivity index (χ0v) is 9.87. The van der Waals surface area contributed by atoms with Gasteiger partial charge in [-0.15, -0.1) is 0 Å². The van der Waals surface area contributed by atoms with Crippen LogP contribution in [0, 0.1) is 15.3 Å². The molecule has 1 N–H and O–H groups in total. The summed E-state index contributed by atoms with van der Waals surface area (Å²) in [6.45, 7) is 0. The molecule has 1 atom stereocenters. The Kier molecular flexibility index (Phi) is 3.07. The van der Waals surface area contributed by atoms with Crippen molar-refractivity contribution in [3.8, 4) is 0 Å². The maximum Gasteiger partial charge on any atom is 0.124 e. The highest BCUT2D eigenvalue weighted by Gasteiger charge is 2.25. The van der Waals surface area contributed by atoms with Crippen LogP contribution in [0.4, 0.5) is 4.39 Å². The molecule has 2 rings (SSSR count). The SMILES string of the molecule is OC(CC1CC1)c1ccc(F)cc1I. The first-order chi connectivity index (χ1) is 6.66. The number of halogens is 2. The van der Waals surface area contributed by atoms with Crippen molar-refractivity contribution in [1.29, 1.82) is 0 Å². The van der Waals surface area contributed by atoms with Crippen LogP contribution in [0.5, 0.6) is 0 Å². The first-order valence-corrected chi connectivity index (χ1v) is 5.87. The standard InChI is InChI=1S/C11H12FIO/c12-8-3-4-9(10(13)6-8)11(14)5-7-1-2-7/h3-4,6-7,11,14H,1-2,5H2. The largest absolute Gasteiger partial charge is 0.388 e. The number of hydrogen-bond acceptors (Lipinski definition) is 1. The molecule has 1 fully saturated rings. The monoisotopic (exact) mass is 306 g/mol. The van der Waals surface area contributed by atoms with Crippen molar-refractivity contribution in [2.24, 2.45) is 5.92 Å². The third kappa shape index (κ3) is 2.45. The van der Waals surface area contributed by atoms with E-state index in [0.717, 1.165) is 15.6 Å². The fourth-order valence-corrected chi connectivity index (χ4v) is 2.40. The molecule has 0 radical (unpaired) electrons. The van der Waals surface area contributed by atoms with E-state index in [0.29, 0.717) is 5.92 Å². The summed E-state index contributed by atoms with van der Waals surface area (Å²) in [5, 5.41) is 9.88. The quantitative estimate of drug-likeness (QED) is 0.850. The lowest BCUT2D eigenvalue weighted by atomic mass is 10.0. The average molecular weight is 306 g/mol. The predicted octanol–water partition coefficient (Wildman–Crippen LogP) is 3.26. The molecule has 1 aromatic carbocycles. The van der Waals surface area contributed by atoms with Crippen molar-refractivity contribution >= 4 is 22.6 Å². The van der Waals surface area contributed by atoms with Gasteiger partial charge in [0.1, 0.15) is 5.82 Å². The molecule has 0 spiro atoms. The van der Waals surface area contributed by atoms with Crippen LogP contribution < -0.4 is 0 Å². The van der Waals surface area contributed by atoms with Crippen molar-refractivity contribution in [2.45, 2.75) is 25.4 Å². The first-order valence-electron chi connectivity index (χ1n) is 4.80. The molecule has 76 valence electrons. The minimum absolute atomic E-state index is 0.239. The second kappa shape index (κ2) is 4.14. The van der Waals surface area contributed by atoms with Crippen molar-refractivity contribution in [3.05, 3.63) is 33.1 Å². The smallest absolute Gasteiger partial charge is 0.124 e. The lowest BCUT2D eigenvalue weighted by Gasteiger charge is -2.12. The zero-order chi connectivity index (χ0) is 10.1. The van der Waals surface area contributed by atoms with E-state index in [1.165, 1.54) is 25.0 Å². The van der Waals surface area contributed by atoms with Crippen LogP contribution in [0.1, 0.15) is 30.9 Å². The van der Waals surface area contributed by atoms with E-state index >= 15 is 0 Å². The summed E-state index contributed by atoms with van der Waals surface area (Å²) in [4.78, 5) is 0. The topological polar surface area (TPSA) is 20.2 Å². The number of rotatable bonds is 3. The van der Waals surface area contributed by atoms with E-state index in [1.807, 2.05) is 0 Å². The summed E-state index contributed by atoms with van der Waals surface area (Å²) >= 11 is 2.07. The van der Waals surface area contributed by atoms with Gasteiger partial charge in [-0.05, 0) is 52.6 Å². The highest BCUT2D eigenvalue weighted by molar-refractivity contribution is 14.1. The molecule has 0 saturated heterocycles. The molecule has 0 bridgehead atoms. The molecule has 14 heavy (non-hydrogen) atoms. The van der Waals surface area contributed by atoms with Gasteiger partial charge in [-0.3, -0.25) is 0 Å². The van der Waals surface area contributed by atoms with Crippen LogP contribution in [-0.2, 0) is 0 Å². The fraction of sp³-hybridized carbons (Fsp3) is 0.455. The maximum absolute atomic E-state index is 12.8. The summed E-state index contributed by atoms with van der Waals surface area (Å²) in [5.41, 5.74) is 0.860. The Labute approximate surface area is 96.5 Å². The van der Waals surface area contributed by atoms with Gasteiger partial charge >= 0.3 is 0 Å². The molecule has 1 nitrogen and oxygen atoms in total. The Hall–Kier alpha value is -0.160. The van der Waals surface area contributed by atoms with Gasteiger partial charge in [0, 0.05) is 3.57 Å². The van der Waals surface area contributed by atoms with Crippen LogP contribution in [0.15, 0.2) is 18.2 Å². The van der Waals surface area contributed by atoms with Crippen molar-refractivity contribution in [3.63, 3.8) is 0 Å². The molecule has 3 heteroatoms. The average Bonchev–Trinajstić information content (AvgIpc) is 2.87. The van der Waals surface area contributed by atoms with Gasteiger partial charge in [0.05, 0.1) is 6.10 Å². The Morgan fingerprint density at radius 3 is 2.79 bits per heavy atom. The Morgan fingerprint density at radius 2 is 2.21 bits per heavy atom. The van der Waals surface area contributed by atoms with Crippen LogP contribution in [-0.4, -0.2) is 5.11 Å². The molecule has 1 aliphatic carbocycles. The van der Waals surface area contributed by atoms with E-state index in [4.69, 9.17) is 0 Å². The molecular formula is C11H12FIO. The van der Waals surface area contributed by atoms with E-state index < -0.39 is 6.10 Å². The lowest BCUT2D eigenvalue weighted by Crippen LogP contribution is -2.01. The van der Waals surface area contributed by atoms with Crippen LogP contribution in [0.25, 0.3) is 0 Å². The summed E-state index contributed by atoms with van der Waals surface area (Å²) in [5.74, 6) is 0.447. The number of aliphatic hydroxyl groups is 1. The summed E-state index contributed by atoms with van der Waals surface area (Å²) in [7, 11) is 0. The van der Waals surface area contributed by atoms with E-state index in [1.54, 1.807) is 6.07 Å². The third-order valence-electron chi connectivity index (χ3n) is 2.58. The molecule has 1 unspecified atom stereocenters. The van der Waals surface area contributed by atoms with Gasteiger partial charge in [0.15, 0.2) is 0 Å². The molecule has 0 aliphatic heterocycles. The number of benzene rings is 1. The molecular weight excluding hydrogens is 294 g/mol. The molecule has 1 aliphatic rings. The highest BCUT2D eigenvalue weighted by atomic mass is 127. The van der Waals surface area contributed by atoms with Gasteiger partial charge < -0.3 is 5.11 Å². The molecule has 0 aromatic heterocycles. The van der Waals surface area contributed by atoms with Crippen molar-refractivity contribution in [1.82, 2.24) is 0 Å². The highest BCUT2D eigenvalue weighted by Crippen LogP contribution is 2.38. The Balaban J connectivity index is 2.13. The van der Waals surface area contributed by atoms with E-state index in [2.05, 4.69) is 22.6 Å². The van der Waals surface area contributed by atoms with Crippen LogP contribution in [0.2, 0.25) is 0 Å². The minimum Gasteiger partial charge on any atom is -0.388 e. The zero-order valence-electron chi connectivity index (χ0n) is 7.71. The third-order valence-corrected chi connectivity index (χ3v) is 3.51. The Morgan fingerprint density at radius 1 is 1.50 bits per heavy atom. The summed E-state index contributed by atoms with van der Waals surface area (Å²) in [6.07, 6.45) is 2.86. The van der Waals surface area contributed by atoms with Gasteiger partial charge in [0.25, 0.3) is 0 Å². The fourth-order valence-electron chi connectivity index (χ4n) is 1.57. The second-order valence-electron chi connectivity index (χ2n) is 3.86. The van der Waals surface area contributed by atoms with Gasteiger partial charge in [-0.1, -0.05) is 18.9 Å². The number of aliphatic hydroxyl groups excluding tert-OH is 1. The predicted molar refractivity (Wildman–Crippen MR) is 61.4 cm³/mol. The normalized spacial score (nSPS) is 18.2. The molecule has 1 saturated carbocycles. The first kappa shape index (κ1) is 10.4. The van der Waals surface area contributed by atoms with Crippen LogP contribution >= 0.6 is 22.6 Å². The van der Waals surface area contributed by atoms with Gasteiger partial charge in [-0.25, -0.2) is 4.39 Å². The van der Waals surface area contributed by atoms with Crippen molar-refractivity contribution in [2.75, 3.05) is 0 Å². The van der Waals surface area contributed by atoms with E-state index in [-0.39, 0.29) is 5.82 Å². The van der Waals surface area contributed by atoms with Gasteiger partial charge in [0.2, 0.25) is 0 Å². The summed E-state index contributed by atoms with van der Waals surface area (Å²) in [6, 6.07) is 4.56. The van der Waals surface area contributed by atoms with Crippen molar-refractivity contribution < 1.29 is 9.50 Å².